The number of hydrogen-bond donors (Lipinski definition) is 1. The van der Waals surface area contributed by atoms with Gasteiger partial charge in [-0.05, 0) is 25.1 Å². The summed E-state index contributed by atoms with van der Waals surface area (Å²) in [5.41, 5.74) is 0.653. The lowest BCUT2D eigenvalue weighted by Crippen LogP contribution is -2.16. The molecule has 0 radical (unpaired) electrons. The summed E-state index contributed by atoms with van der Waals surface area (Å²) in [4.78, 5) is 7.84. The van der Waals surface area contributed by atoms with E-state index in [1.54, 1.807) is 19.1 Å². The molecule has 8 heteroatoms. The Balaban J connectivity index is 2.43. The Morgan fingerprint density at radius 3 is 2.52 bits per heavy atom. The van der Waals surface area contributed by atoms with Gasteiger partial charge in [0.15, 0.2) is 0 Å². The van der Waals surface area contributed by atoms with Crippen LogP contribution in [-0.2, 0) is 10.0 Å². The van der Waals surface area contributed by atoms with Crippen LogP contribution in [0.5, 0.6) is 11.5 Å². The molecule has 2 aromatic rings. The van der Waals surface area contributed by atoms with Gasteiger partial charge in [-0.2, -0.15) is 0 Å². The van der Waals surface area contributed by atoms with Crippen molar-refractivity contribution in [1.82, 2.24) is 9.97 Å². The lowest BCUT2D eigenvalue weighted by Gasteiger charge is -2.12. The molecule has 0 spiro atoms. The summed E-state index contributed by atoms with van der Waals surface area (Å²) in [6, 6.07) is 6.17. The largest absolute Gasteiger partial charge is 0.497 e. The Morgan fingerprint density at radius 1 is 1.14 bits per heavy atom. The highest BCUT2D eigenvalue weighted by Crippen LogP contribution is 2.29. The molecule has 0 saturated heterocycles. The number of aromatic nitrogens is 2. The quantitative estimate of drug-likeness (QED) is 0.902. The fourth-order valence-corrected chi connectivity index (χ4v) is 2.80. The number of aryl methyl sites for hydroxylation is 1. The second-order valence-corrected chi connectivity index (χ2v) is 5.79. The van der Waals surface area contributed by atoms with E-state index in [2.05, 4.69) is 14.7 Å². The molecule has 0 fully saturated rings. The zero-order chi connectivity index (χ0) is 15.5. The van der Waals surface area contributed by atoms with Crippen molar-refractivity contribution in [3.63, 3.8) is 0 Å². The van der Waals surface area contributed by atoms with Crippen molar-refractivity contribution >= 4 is 16.0 Å². The number of anilines is 1. The molecule has 0 aliphatic rings. The van der Waals surface area contributed by atoms with Gasteiger partial charge in [0.05, 0.1) is 14.2 Å². The van der Waals surface area contributed by atoms with Gasteiger partial charge in [-0.1, -0.05) is 0 Å². The first-order valence-corrected chi connectivity index (χ1v) is 7.49. The molecule has 112 valence electrons. The van der Waals surface area contributed by atoms with Gasteiger partial charge in [0, 0.05) is 18.0 Å². The third-order valence-corrected chi connectivity index (χ3v) is 4.03. The van der Waals surface area contributed by atoms with Crippen LogP contribution in [0.25, 0.3) is 0 Å². The van der Waals surface area contributed by atoms with E-state index in [0.29, 0.717) is 11.4 Å². The monoisotopic (exact) mass is 309 g/mol. The molecule has 7 nitrogen and oxygen atoms in total. The van der Waals surface area contributed by atoms with Crippen LogP contribution >= 0.6 is 0 Å². The van der Waals surface area contributed by atoms with Crippen molar-refractivity contribution in [3.05, 3.63) is 36.2 Å². The van der Waals surface area contributed by atoms with Gasteiger partial charge < -0.3 is 9.47 Å². The van der Waals surface area contributed by atoms with E-state index in [1.165, 1.54) is 32.5 Å². The van der Waals surface area contributed by atoms with E-state index in [9.17, 15) is 8.42 Å². The summed E-state index contributed by atoms with van der Waals surface area (Å²) in [6.07, 6.45) is 1.48. The summed E-state index contributed by atoms with van der Waals surface area (Å²) in [7, 11) is -1.04. The first-order chi connectivity index (χ1) is 9.96. The van der Waals surface area contributed by atoms with Gasteiger partial charge in [0.2, 0.25) is 5.95 Å². The fraction of sp³-hybridized carbons (Fsp3) is 0.231. The van der Waals surface area contributed by atoms with Gasteiger partial charge in [-0.3, -0.25) is 0 Å². The summed E-state index contributed by atoms with van der Waals surface area (Å²) in [5.74, 6) is 0.608. The molecule has 0 amide bonds. The zero-order valence-corrected chi connectivity index (χ0v) is 12.6. The number of benzene rings is 1. The van der Waals surface area contributed by atoms with Crippen LogP contribution in [0.4, 0.5) is 5.95 Å². The summed E-state index contributed by atoms with van der Waals surface area (Å²) in [6.45, 7) is 1.74. The highest BCUT2D eigenvalue weighted by molar-refractivity contribution is 7.92. The number of ether oxygens (including phenoxy) is 2. The van der Waals surface area contributed by atoms with Crippen molar-refractivity contribution in [3.8, 4) is 11.5 Å². The van der Waals surface area contributed by atoms with Crippen molar-refractivity contribution in [2.24, 2.45) is 0 Å². The van der Waals surface area contributed by atoms with E-state index < -0.39 is 10.0 Å². The number of nitrogens with zero attached hydrogens (tertiary/aromatic N) is 2. The minimum Gasteiger partial charge on any atom is -0.497 e. The third kappa shape index (κ3) is 3.40. The molecule has 1 N–H and O–H groups in total. The van der Waals surface area contributed by atoms with E-state index >= 15 is 0 Å². The summed E-state index contributed by atoms with van der Waals surface area (Å²) < 4.78 is 37.3. The van der Waals surface area contributed by atoms with Crippen LogP contribution in [0.2, 0.25) is 0 Å². The van der Waals surface area contributed by atoms with Crippen molar-refractivity contribution in [2.75, 3.05) is 18.9 Å². The highest BCUT2D eigenvalue weighted by Gasteiger charge is 2.21. The number of rotatable bonds is 5. The first-order valence-electron chi connectivity index (χ1n) is 6.01. The molecular weight excluding hydrogens is 294 g/mol. The predicted octanol–water partition coefficient (Wildman–Crippen LogP) is 1.60. The Kier molecular flexibility index (Phi) is 4.27. The van der Waals surface area contributed by atoms with Gasteiger partial charge in [-0.15, -0.1) is 0 Å². The molecule has 0 bridgehead atoms. The number of sulfonamides is 1. The Hall–Kier alpha value is -2.35. The number of methoxy groups -OCH3 is 2. The lowest BCUT2D eigenvalue weighted by atomic mass is 10.3. The van der Waals surface area contributed by atoms with Crippen LogP contribution in [0.1, 0.15) is 5.69 Å². The van der Waals surface area contributed by atoms with Gasteiger partial charge in [0.1, 0.15) is 16.4 Å². The summed E-state index contributed by atoms with van der Waals surface area (Å²) in [5, 5.41) is 0. The van der Waals surface area contributed by atoms with Crippen LogP contribution in [0.3, 0.4) is 0 Å². The van der Waals surface area contributed by atoms with Gasteiger partial charge in [0.25, 0.3) is 10.0 Å². The fourth-order valence-electron chi connectivity index (χ4n) is 1.67. The molecule has 1 heterocycles. The van der Waals surface area contributed by atoms with E-state index in [-0.39, 0.29) is 16.6 Å². The molecule has 0 saturated carbocycles. The van der Waals surface area contributed by atoms with Crippen LogP contribution in [-0.4, -0.2) is 32.6 Å². The molecule has 1 aromatic carbocycles. The molecule has 0 aliphatic carbocycles. The zero-order valence-electron chi connectivity index (χ0n) is 11.8. The normalized spacial score (nSPS) is 11.0. The predicted molar refractivity (Wildman–Crippen MR) is 77.1 cm³/mol. The minimum atomic E-state index is -3.89. The lowest BCUT2D eigenvalue weighted by molar-refractivity contribution is 0.392. The maximum absolute atomic E-state index is 12.4. The standard InChI is InChI=1S/C13H15N3O4S/c1-9-6-7-14-13(15-9)16-21(17,18)12-8-10(19-2)4-5-11(12)20-3/h4-8H,1-3H3,(H,14,15,16). The third-order valence-electron chi connectivity index (χ3n) is 2.68. The maximum atomic E-state index is 12.4. The van der Waals surface area contributed by atoms with Crippen molar-refractivity contribution in [1.29, 1.82) is 0 Å². The van der Waals surface area contributed by atoms with E-state index in [1.807, 2.05) is 0 Å². The Labute approximate surface area is 123 Å². The molecule has 1 aromatic heterocycles. The number of hydrogen-bond acceptors (Lipinski definition) is 6. The molecule has 2 rings (SSSR count). The van der Waals surface area contributed by atoms with Crippen molar-refractivity contribution < 1.29 is 17.9 Å². The first kappa shape index (κ1) is 15.0. The number of nitrogens with one attached hydrogen (secondary N) is 1. The smallest absolute Gasteiger partial charge is 0.268 e. The average Bonchev–Trinajstić information content (AvgIpc) is 2.46. The Morgan fingerprint density at radius 2 is 1.90 bits per heavy atom. The molecule has 0 atom stereocenters. The van der Waals surface area contributed by atoms with Gasteiger partial charge >= 0.3 is 0 Å². The second-order valence-electron chi connectivity index (χ2n) is 4.14. The SMILES string of the molecule is COc1ccc(OC)c(S(=O)(=O)Nc2nccc(C)n2)c1. The summed E-state index contributed by atoms with van der Waals surface area (Å²) >= 11 is 0. The second kappa shape index (κ2) is 5.96. The molecule has 21 heavy (non-hydrogen) atoms. The van der Waals surface area contributed by atoms with Crippen LogP contribution in [0, 0.1) is 6.92 Å². The van der Waals surface area contributed by atoms with E-state index in [4.69, 9.17) is 9.47 Å². The Bertz CT molecular complexity index is 747. The van der Waals surface area contributed by atoms with Crippen molar-refractivity contribution in [2.45, 2.75) is 11.8 Å². The molecular formula is C13H15N3O4S. The van der Waals surface area contributed by atoms with Crippen LogP contribution in [0.15, 0.2) is 35.4 Å². The maximum Gasteiger partial charge on any atom is 0.268 e. The topological polar surface area (TPSA) is 90.4 Å². The van der Waals surface area contributed by atoms with Gasteiger partial charge in [-0.25, -0.2) is 23.1 Å². The average molecular weight is 309 g/mol. The van der Waals surface area contributed by atoms with Crippen LogP contribution < -0.4 is 14.2 Å². The minimum absolute atomic E-state index is 0.000118. The molecule has 0 unspecified atom stereocenters. The van der Waals surface area contributed by atoms with E-state index in [0.717, 1.165) is 0 Å². The molecule has 0 aliphatic heterocycles. The highest BCUT2D eigenvalue weighted by atomic mass is 32.2.